The van der Waals surface area contributed by atoms with Gasteiger partial charge in [-0.3, -0.25) is 0 Å². The molecule has 1 heterocycles. The zero-order valence-electron chi connectivity index (χ0n) is 12.8. The summed E-state index contributed by atoms with van der Waals surface area (Å²) in [5.74, 6) is 1.41. The molecule has 2 rings (SSSR count). The molecule has 1 aromatic heterocycles. The summed E-state index contributed by atoms with van der Waals surface area (Å²) in [6.45, 7) is 4.35. The highest BCUT2D eigenvalue weighted by Crippen LogP contribution is 2.27. The first-order valence-corrected chi connectivity index (χ1v) is 8.73. The topological polar surface area (TPSA) is 31.4 Å². The molecule has 3 nitrogen and oxygen atoms in total. The number of thioether (sulfide) groups is 1. The van der Waals surface area contributed by atoms with Crippen LogP contribution in [0.2, 0.25) is 0 Å². The molecule has 2 aromatic rings. The molecular formula is C16H21NO2S2. The van der Waals surface area contributed by atoms with Crippen LogP contribution in [0.25, 0.3) is 0 Å². The Balaban J connectivity index is 1.94. The Hall–Kier alpha value is -0.880. The van der Waals surface area contributed by atoms with Crippen LogP contribution in [0.1, 0.15) is 42.3 Å². The predicted octanol–water partition coefficient (Wildman–Crippen LogP) is 4.85. The van der Waals surface area contributed by atoms with E-state index in [1.807, 2.05) is 12.1 Å². The van der Waals surface area contributed by atoms with E-state index in [9.17, 15) is 0 Å². The molecule has 114 valence electrons. The maximum absolute atomic E-state index is 5.24. The highest BCUT2D eigenvalue weighted by Gasteiger charge is 2.09. The van der Waals surface area contributed by atoms with Crippen molar-refractivity contribution in [1.82, 2.24) is 4.98 Å². The minimum Gasteiger partial charge on any atom is -0.352 e. The fourth-order valence-corrected chi connectivity index (χ4v) is 3.63. The van der Waals surface area contributed by atoms with E-state index < -0.39 is 0 Å². The lowest BCUT2D eigenvalue weighted by atomic mass is 10.2. The van der Waals surface area contributed by atoms with Crippen LogP contribution in [0.5, 0.6) is 0 Å². The van der Waals surface area contributed by atoms with Crippen molar-refractivity contribution in [3.05, 3.63) is 45.9 Å². The third kappa shape index (κ3) is 4.54. The summed E-state index contributed by atoms with van der Waals surface area (Å²) in [4.78, 5) is 5.88. The molecule has 0 bridgehead atoms. The van der Waals surface area contributed by atoms with E-state index >= 15 is 0 Å². The average molecular weight is 323 g/mol. The molecule has 0 aliphatic heterocycles. The molecule has 0 spiro atoms. The highest BCUT2D eigenvalue weighted by molar-refractivity contribution is 7.98. The first kappa shape index (κ1) is 16.5. The number of hydrogen-bond acceptors (Lipinski definition) is 5. The van der Waals surface area contributed by atoms with Gasteiger partial charge in [-0.2, -0.15) is 0 Å². The van der Waals surface area contributed by atoms with E-state index in [4.69, 9.17) is 9.47 Å². The standard InChI is InChI=1S/C16H21NO2S2/c1-11(2)15-17-13(10-21-15)9-20-14-7-5-12(6-8-14)16(18-3)19-4/h5-8,10-11,16H,9H2,1-4H3. The van der Waals surface area contributed by atoms with Gasteiger partial charge in [0, 0.05) is 41.7 Å². The van der Waals surface area contributed by atoms with Gasteiger partial charge in [-0.15, -0.1) is 23.1 Å². The second-order valence-electron chi connectivity index (χ2n) is 4.99. The normalized spacial score (nSPS) is 11.5. The molecule has 0 radical (unpaired) electrons. The van der Waals surface area contributed by atoms with Crippen molar-refractivity contribution in [2.75, 3.05) is 14.2 Å². The number of thiazole rings is 1. The van der Waals surface area contributed by atoms with Gasteiger partial charge in [0.15, 0.2) is 6.29 Å². The van der Waals surface area contributed by atoms with Crippen LogP contribution >= 0.6 is 23.1 Å². The largest absolute Gasteiger partial charge is 0.352 e. The van der Waals surface area contributed by atoms with Crippen molar-refractivity contribution in [3.63, 3.8) is 0 Å². The number of rotatable bonds is 7. The summed E-state index contributed by atoms with van der Waals surface area (Å²) in [6.07, 6.45) is -0.295. The molecular weight excluding hydrogens is 302 g/mol. The van der Waals surface area contributed by atoms with Gasteiger partial charge >= 0.3 is 0 Å². The smallest absolute Gasteiger partial charge is 0.183 e. The van der Waals surface area contributed by atoms with Crippen LogP contribution in [0, 0.1) is 0 Å². The quantitative estimate of drug-likeness (QED) is 0.538. The van der Waals surface area contributed by atoms with E-state index in [0.29, 0.717) is 5.92 Å². The third-order valence-corrected chi connectivity index (χ3v) is 5.27. The molecule has 21 heavy (non-hydrogen) atoms. The number of hydrogen-bond donors (Lipinski definition) is 0. The highest BCUT2D eigenvalue weighted by atomic mass is 32.2. The first-order valence-electron chi connectivity index (χ1n) is 6.86. The zero-order chi connectivity index (χ0) is 15.2. The Morgan fingerprint density at radius 3 is 2.33 bits per heavy atom. The maximum atomic E-state index is 5.24. The van der Waals surface area contributed by atoms with Crippen LogP contribution in [0.15, 0.2) is 34.5 Å². The Morgan fingerprint density at radius 1 is 1.14 bits per heavy atom. The van der Waals surface area contributed by atoms with Gasteiger partial charge in [-0.1, -0.05) is 26.0 Å². The van der Waals surface area contributed by atoms with E-state index in [1.54, 1.807) is 37.3 Å². The second-order valence-corrected chi connectivity index (χ2v) is 6.93. The number of nitrogens with zero attached hydrogens (tertiary/aromatic N) is 1. The molecule has 0 aliphatic rings. The van der Waals surface area contributed by atoms with E-state index in [1.165, 1.54) is 9.90 Å². The molecule has 0 amide bonds. The molecule has 0 saturated heterocycles. The number of aromatic nitrogens is 1. The van der Waals surface area contributed by atoms with Gasteiger partial charge < -0.3 is 9.47 Å². The molecule has 0 fully saturated rings. The maximum Gasteiger partial charge on any atom is 0.183 e. The molecule has 1 aromatic carbocycles. The first-order chi connectivity index (χ1) is 10.1. The minimum absolute atomic E-state index is 0.295. The van der Waals surface area contributed by atoms with Crippen LogP contribution in [0.4, 0.5) is 0 Å². The third-order valence-electron chi connectivity index (χ3n) is 3.03. The SMILES string of the molecule is COC(OC)c1ccc(SCc2csc(C(C)C)n2)cc1. The Morgan fingerprint density at radius 2 is 1.81 bits per heavy atom. The summed E-state index contributed by atoms with van der Waals surface area (Å²) in [5.41, 5.74) is 2.18. The van der Waals surface area contributed by atoms with Gasteiger partial charge in [-0.25, -0.2) is 4.98 Å². The lowest BCUT2D eigenvalue weighted by Crippen LogP contribution is -2.02. The van der Waals surface area contributed by atoms with E-state index in [-0.39, 0.29) is 6.29 Å². The van der Waals surface area contributed by atoms with Crippen LogP contribution < -0.4 is 0 Å². The molecule has 0 unspecified atom stereocenters. The van der Waals surface area contributed by atoms with Crippen LogP contribution in [0.3, 0.4) is 0 Å². The zero-order valence-corrected chi connectivity index (χ0v) is 14.5. The van der Waals surface area contributed by atoms with Crippen molar-refractivity contribution in [1.29, 1.82) is 0 Å². The minimum atomic E-state index is -0.295. The lowest BCUT2D eigenvalue weighted by Gasteiger charge is -2.13. The van der Waals surface area contributed by atoms with Gasteiger partial charge in [0.1, 0.15) is 0 Å². The summed E-state index contributed by atoms with van der Waals surface area (Å²) in [6, 6.07) is 8.28. The van der Waals surface area contributed by atoms with Gasteiger partial charge in [0.05, 0.1) is 10.7 Å². The van der Waals surface area contributed by atoms with E-state index in [0.717, 1.165) is 17.0 Å². The fourth-order valence-electron chi connectivity index (χ4n) is 1.90. The lowest BCUT2D eigenvalue weighted by molar-refractivity contribution is -0.106. The monoisotopic (exact) mass is 323 g/mol. The van der Waals surface area contributed by atoms with Crippen molar-refractivity contribution < 1.29 is 9.47 Å². The van der Waals surface area contributed by atoms with Crippen molar-refractivity contribution in [2.45, 2.75) is 36.7 Å². The molecule has 0 saturated carbocycles. The molecule has 0 N–H and O–H groups in total. The summed E-state index contributed by atoms with van der Waals surface area (Å²) in [7, 11) is 3.29. The number of benzene rings is 1. The predicted molar refractivity (Wildman–Crippen MR) is 89.0 cm³/mol. The van der Waals surface area contributed by atoms with Crippen LogP contribution in [-0.4, -0.2) is 19.2 Å². The molecule has 0 aliphatic carbocycles. The fraction of sp³-hybridized carbons (Fsp3) is 0.438. The number of methoxy groups -OCH3 is 2. The van der Waals surface area contributed by atoms with Gasteiger partial charge in [-0.05, 0) is 12.1 Å². The summed E-state index contributed by atoms with van der Waals surface area (Å²) < 4.78 is 10.5. The Bertz CT molecular complexity index is 548. The molecule has 0 atom stereocenters. The number of ether oxygens (including phenoxy) is 2. The van der Waals surface area contributed by atoms with Gasteiger partial charge in [0.2, 0.25) is 0 Å². The van der Waals surface area contributed by atoms with Crippen molar-refractivity contribution in [3.8, 4) is 0 Å². The Kier molecular flexibility index (Phi) is 6.23. The average Bonchev–Trinajstić information content (AvgIpc) is 2.97. The summed E-state index contributed by atoms with van der Waals surface area (Å²) in [5, 5.41) is 3.37. The second kappa shape index (κ2) is 7.94. The van der Waals surface area contributed by atoms with E-state index in [2.05, 4.69) is 36.3 Å². The Labute approximate surface area is 134 Å². The molecule has 5 heteroatoms. The summed E-state index contributed by atoms with van der Waals surface area (Å²) >= 11 is 3.54. The van der Waals surface area contributed by atoms with Crippen LogP contribution in [-0.2, 0) is 15.2 Å². The van der Waals surface area contributed by atoms with Crippen molar-refractivity contribution >= 4 is 23.1 Å². The van der Waals surface area contributed by atoms with Gasteiger partial charge in [0.25, 0.3) is 0 Å². The van der Waals surface area contributed by atoms with Crippen molar-refractivity contribution in [2.24, 2.45) is 0 Å².